The Labute approximate surface area is 176 Å². The zero-order valence-electron chi connectivity index (χ0n) is 17.3. The van der Waals surface area contributed by atoms with Gasteiger partial charge in [0.15, 0.2) is 0 Å². The summed E-state index contributed by atoms with van der Waals surface area (Å²) in [5.41, 5.74) is 1.91. The van der Waals surface area contributed by atoms with E-state index in [1.165, 1.54) is 0 Å². The van der Waals surface area contributed by atoms with Gasteiger partial charge < -0.3 is 24.1 Å². The SMILES string of the molecule is COc1cccc(OCCn2c(C(C)NC(=O)C3CCCO3)nc3ccccc32)c1. The van der Waals surface area contributed by atoms with Gasteiger partial charge in [-0.25, -0.2) is 4.98 Å². The Balaban J connectivity index is 1.50. The summed E-state index contributed by atoms with van der Waals surface area (Å²) in [6, 6.07) is 15.3. The van der Waals surface area contributed by atoms with Gasteiger partial charge in [-0.2, -0.15) is 0 Å². The number of carbonyl (C=O) groups is 1. The number of rotatable bonds is 8. The summed E-state index contributed by atoms with van der Waals surface area (Å²) in [5, 5.41) is 3.06. The van der Waals surface area contributed by atoms with Crippen molar-refractivity contribution in [3.63, 3.8) is 0 Å². The summed E-state index contributed by atoms with van der Waals surface area (Å²) in [6.45, 7) is 3.67. The summed E-state index contributed by atoms with van der Waals surface area (Å²) < 4.78 is 18.8. The molecule has 0 saturated carbocycles. The first-order chi connectivity index (χ1) is 14.7. The molecule has 1 saturated heterocycles. The molecule has 4 rings (SSSR count). The van der Waals surface area contributed by atoms with E-state index in [0.717, 1.165) is 41.2 Å². The van der Waals surface area contributed by atoms with Crippen molar-refractivity contribution in [2.45, 2.75) is 38.5 Å². The average molecular weight is 409 g/mol. The highest BCUT2D eigenvalue weighted by molar-refractivity contribution is 5.81. The molecule has 1 aliphatic rings. The lowest BCUT2D eigenvalue weighted by Crippen LogP contribution is -2.36. The highest BCUT2D eigenvalue weighted by Gasteiger charge is 2.26. The molecule has 1 N–H and O–H groups in total. The van der Waals surface area contributed by atoms with E-state index in [0.29, 0.717) is 19.8 Å². The van der Waals surface area contributed by atoms with Gasteiger partial charge in [0.2, 0.25) is 5.91 Å². The van der Waals surface area contributed by atoms with Crippen LogP contribution in [0.2, 0.25) is 0 Å². The number of aromatic nitrogens is 2. The zero-order valence-corrected chi connectivity index (χ0v) is 17.3. The van der Waals surface area contributed by atoms with Gasteiger partial charge in [-0.15, -0.1) is 0 Å². The third-order valence-electron chi connectivity index (χ3n) is 5.28. The van der Waals surface area contributed by atoms with E-state index in [9.17, 15) is 4.79 Å². The van der Waals surface area contributed by atoms with Crippen LogP contribution in [0.15, 0.2) is 48.5 Å². The number of para-hydroxylation sites is 2. The lowest BCUT2D eigenvalue weighted by atomic mass is 10.2. The van der Waals surface area contributed by atoms with Crippen molar-refractivity contribution in [1.82, 2.24) is 14.9 Å². The van der Waals surface area contributed by atoms with Gasteiger partial charge in [0.05, 0.1) is 30.7 Å². The minimum Gasteiger partial charge on any atom is -0.497 e. The first kappa shape index (κ1) is 20.2. The van der Waals surface area contributed by atoms with Gasteiger partial charge in [-0.05, 0) is 44.0 Å². The summed E-state index contributed by atoms with van der Waals surface area (Å²) in [6.07, 6.45) is 1.33. The number of nitrogens with one attached hydrogen (secondary N) is 1. The lowest BCUT2D eigenvalue weighted by molar-refractivity contribution is -0.130. The van der Waals surface area contributed by atoms with E-state index >= 15 is 0 Å². The molecule has 1 amide bonds. The lowest BCUT2D eigenvalue weighted by Gasteiger charge is -2.18. The molecule has 1 aromatic heterocycles. The number of carbonyl (C=O) groups excluding carboxylic acids is 1. The number of imidazole rings is 1. The van der Waals surface area contributed by atoms with Gasteiger partial charge >= 0.3 is 0 Å². The molecule has 158 valence electrons. The summed E-state index contributed by atoms with van der Waals surface area (Å²) in [7, 11) is 1.63. The van der Waals surface area contributed by atoms with Crippen molar-refractivity contribution >= 4 is 16.9 Å². The Morgan fingerprint density at radius 3 is 2.90 bits per heavy atom. The second-order valence-electron chi connectivity index (χ2n) is 7.37. The van der Waals surface area contributed by atoms with Crippen molar-refractivity contribution < 1.29 is 19.0 Å². The molecular weight excluding hydrogens is 382 g/mol. The third-order valence-corrected chi connectivity index (χ3v) is 5.28. The van der Waals surface area contributed by atoms with Gasteiger partial charge in [-0.3, -0.25) is 4.79 Å². The quantitative estimate of drug-likeness (QED) is 0.617. The largest absolute Gasteiger partial charge is 0.497 e. The van der Waals surface area contributed by atoms with Gasteiger partial charge in [0.25, 0.3) is 0 Å². The molecule has 2 heterocycles. The smallest absolute Gasteiger partial charge is 0.249 e. The fourth-order valence-corrected chi connectivity index (χ4v) is 3.76. The predicted octanol–water partition coefficient (Wildman–Crippen LogP) is 3.48. The van der Waals surface area contributed by atoms with Gasteiger partial charge in [-0.1, -0.05) is 18.2 Å². The molecule has 30 heavy (non-hydrogen) atoms. The highest BCUT2D eigenvalue weighted by Crippen LogP contribution is 2.23. The van der Waals surface area contributed by atoms with Crippen LogP contribution in [0.1, 0.15) is 31.6 Å². The minimum absolute atomic E-state index is 0.0776. The predicted molar refractivity (Wildman–Crippen MR) is 114 cm³/mol. The Morgan fingerprint density at radius 2 is 2.10 bits per heavy atom. The van der Waals surface area contributed by atoms with Crippen LogP contribution in [-0.2, 0) is 16.1 Å². The number of hydrogen-bond acceptors (Lipinski definition) is 5. The van der Waals surface area contributed by atoms with Crippen molar-refractivity contribution in [3.05, 3.63) is 54.4 Å². The minimum atomic E-state index is -0.360. The summed E-state index contributed by atoms with van der Waals surface area (Å²) >= 11 is 0. The monoisotopic (exact) mass is 409 g/mol. The second-order valence-corrected chi connectivity index (χ2v) is 7.37. The summed E-state index contributed by atoms with van der Waals surface area (Å²) in [5.74, 6) is 2.23. The van der Waals surface area contributed by atoms with Crippen molar-refractivity contribution in [1.29, 1.82) is 0 Å². The molecule has 0 bridgehead atoms. The Kier molecular flexibility index (Phi) is 6.18. The number of hydrogen-bond donors (Lipinski definition) is 1. The second kappa shape index (κ2) is 9.17. The molecule has 2 aromatic carbocycles. The summed E-state index contributed by atoms with van der Waals surface area (Å²) in [4.78, 5) is 17.3. The normalized spacial score (nSPS) is 17.1. The van der Waals surface area contributed by atoms with Crippen molar-refractivity contribution in [2.24, 2.45) is 0 Å². The number of amides is 1. The van der Waals surface area contributed by atoms with Crippen LogP contribution in [0, 0.1) is 0 Å². The number of benzene rings is 2. The number of ether oxygens (including phenoxy) is 3. The maximum Gasteiger partial charge on any atom is 0.249 e. The molecular formula is C23H27N3O4. The molecule has 7 heteroatoms. The Morgan fingerprint density at radius 1 is 1.27 bits per heavy atom. The Hall–Kier alpha value is -3.06. The van der Waals surface area contributed by atoms with Crippen LogP contribution in [0.4, 0.5) is 0 Å². The average Bonchev–Trinajstić information content (AvgIpc) is 3.43. The van der Waals surface area contributed by atoms with E-state index in [1.54, 1.807) is 7.11 Å². The molecule has 2 unspecified atom stereocenters. The van der Waals surface area contributed by atoms with Crippen LogP contribution < -0.4 is 14.8 Å². The molecule has 1 aliphatic heterocycles. The molecule has 0 aliphatic carbocycles. The number of nitrogens with zero attached hydrogens (tertiary/aromatic N) is 2. The first-order valence-electron chi connectivity index (χ1n) is 10.3. The fraction of sp³-hybridized carbons (Fsp3) is 0.391. The molecule has 2 atom stereocenters. The molecule has 3 aromatic rings. The van der Waals surface area contributed by atoms with Crippen LogP contribution in [0.5, 0.6) is 11.5 Å². The molecule has 7 nitrogen and oxygen atoms in total. The maximum atomic E-state index is 12.5. The molecule has 0 radical (unpaired) electrons. The van der Waals surface area contributed by atoms with Crippen LogP contribution >= 0.6 is 0 Å². The van der Waals surface area contributed by atoms with E-state index < -0.39 is 0 Å². The van der Waals surface area contributed by atoms with Gasteiger partial charge in [0.1, 0.15) is 30.0 Å². The van der Waals surface area contributed by atoms with E-state index in [1.807, 2.05) is 55.5 Å². The molecule has 0 spiro atoms. The first-order valence-corrected chi connectivity index (χ1v) is 10.3. The molecule has 1 fully saturated rings. The van der Waals surface area contributed by atoms with Gasteiger partial charge in [0, 0.05) is 12.7 Å². The highest BCUT2D eigenvalue weighted by atomic mass is 16.5. The topological polar surface area (TPSA) is 74.6 Å². The van der Waals surface area contributed by atoms with E-state index in [-0.39, 0.29) is 18.1 Å². The Bertz CT molecular complexity index is 1010. The number of methoxy groups -OCH3 is 1. The zero-order chi connectivity index (χ0) is 20.9. The van der Waals surface area contributed by atoms with Crippen molar-refractivity contribution in [2.75, 3.05) is 20.3 Å². The van der Waals surface area contributed by atoms with Crippen LogP contribution in [-0.4, -0.2) is 41.9 Å². The number of fused-ring (bicyclic) bond motifs is 1. The fourth-order valence-electron chi connectivity index (χ4n) is 3.76. The van der Waals surface area contributed by atoms with Crippen LogP contribution in [0.3, 0.4) is 0 Å². The van der Waals surface area contributed by atoms with Crippen molar-refractivity contribution in [3.8, 4) is 11.5 Å². The standard InChI is InChI=1S/C23H27N3O4/c1-16(24-23(27)21-11-6-13-30-21)22-25-19-9-3-4-10-20(19)26(22)12-14-29-18-8-5-7-17(15-18)28-2/h3-5,7-10,15-16,21H,6,11-14H2,1-2H3,(H,24,27). The van der Waals surface area contributed by atoms with E-state index in [2.05, 4.69) is 9.88 Å². The maximum absolute atomic E-state index is 12.5. The third kappa shape index (κ3) is 4.41. The van der Waals surface area contributed by atoms with Crippen LogP contribution in [0.25, 0.3) is 11.0 Å². The van der Waals surface area contributed by atoms with E-state index in [4.69, 9.17) is 19.2 Å².